The third kappa shape index (κ3) is 3.18. The summed E-state index contributed by atoms with van der Waals surface area (Å²) >= 11 is 0. The van der Waals surface area contributed by atoms with Crippen LogP contribution in [0.2, 0.25) is 0 Å². The predicted octanol–water partition coefficient (Wildman–Crippen LogP) is 1.40. The molecule has 0 aromatic rings. The van der Waals surface area contributed by atoms with E-state index in [9.17, 15) is 0 Å². The SMILES string of the molecule is CCC(CC)C(N)COC. The van der Waals surface area contributed by atoms with Gasteiger partial charge in [0.1, 0.15) is 0 Å². The van der Waals surface area contributed by atoms with Crippen molar-refractivity contribution in [2.75, 3.05) is 13.7 Å². The fraction of sp³-hybridized carbons (Fsp3) is 1.00. The third-order valence-corrected chi connectivity index (χ3v) is 2.01. The molecule has 0 aliphatic carbocycles. The van der Waals surface area contributed by atoms with Crippen LogP contribution in [-0.2, 0) is 4.74 Å². The number of nitrogens with two attached hydrogens (primary N) is 1. The van der Waals surface area contributed by atoms with Gasteiger partial charge in [-0.05, 0) is 5.92 Å². The number of hydrogen-bond acceptors (Lipinski definition) is 2. The molecule has 1 unspecified atom stereocenters. The number of hydrogen-bond donors (Lipinski definition) is 1. The molecule has 0 aliphatic rings. The first kappa shape index (κ1) is 9.92. The molecule has 0 aliphatic heterocycles. The Morgan fingerprint density at radius 2 is 1.80 bits per heavy atom. The van der Waals surface area contributed by atoms with Crippen molar-refractivity contribution >= 4 is 0 Å². The van der Waals surface area contributed by atoms with Crippen LogP contribution in [0, 0.1) is 5.92 Å². The molecule has 62 valence electrons. The molecule has 0 spiro atoms. The van der Waals surface area contributed by atoms with Gasteiger partial charge in [-0.3, -0.25) is 0 Å². The molecule has 0 aromatic heterocycles. The second-order valence-corrected chi connectivity index (χ2v) is 2.70. The predicted molar refractivity (Wildman–Crippen MR) is 43.9 cm³/mol. The second-order valence-electron chi connectivity index (χ2n) is 2.70. The Morgan fingerprint density at radius 1 is 1.30 bits per heavy atom. The minimum absolute atomic E-state index is 0.222. The lowest BCUT2D eigenvalue weighted by atomic mass is 9.96. The highest BCUT2D eigenvalue weighted by molar-refractivity contribution is 4.69. The quantitative estimate of drug-likeness (QED) is 0.634. The van der Waals surface area contributed by atoms with E-state index in [1.54, 1.807) is 7.11 Å². The Balaban J connectivity index is 3.53. The van der Waals surface area contributed by atoms with Gasteiger partial charge in [0, 0.05) is 13.2 Å². The first-order valence-corrected chi connectivity index (χ1v) is 4.00. The molecule has 0 fully saturated rings. The lowest BCUT2D eigenvalue weighted by Gasteiger charge is -2.19. The van der Waals surface area contributed by atoms with Crippen LogP contribution in [0.3, 0.4) is 0 Å². The Bertz CT molecular complexity index is 71.7. The fourth-order valence-electron chi connectivity index (χ4n) is 1.22. The van der Waals surface area contributed by atoms with Gasteiger partial charge < -0.3 is 10.5 Å². The van der Waals surface area contributed by atoms with E-state index < -0.39 is 0 Å². The average molecular weight is 145 g/mol. The molecule has 0 radical (unpaired) electrons. The average Bonchev–Trinajstić information content (AvgIpc) is 1.91. The van der Waals surface area contributed by atoms with Gasteiger partial charge in [-0.25, -0.2) is 0 Å². The molecule has 0 bridgehead atoms. The summed E-state index contributed by atoms with van der Waals surface area (Å²) < 4.78 is 4.96. The Hall–Kier alpha value is -0.0800. The summed E-state index contributed by atoms with van der Waals surface area (Å²) in [4.78, 5) is 0. The second kappa shape index (κ2) is 5.69. The van der Waals surface area contributed by atoms with Gasteiger partial charge in [0.25, 0.3) is 0 Å². The standard InChI is InChI=1S/C8H19NO/c1-4-7(5-2)8(9)6-10-3/h7-8H,4-6,9H2,1-3H3. The molecule has 0 aromatic carbocycles. The van der Waals surface area contributed by atoms with Gasteiger partial charge in [-0.2, -0.15) is 0 Å². The van der Waals surface area contributed by atoms with Crippen molar-refractivity contribution in [3.63, 3.8) is 0 Å². The van der Waals surface area contributed by atoms with Crippen LogP contribution >= 0.6 is 0 Å². The van der Waals surface area contributed by atoms with E-state index in [0.29, 0.717) is 12.5 Å². The van der Waals surface area contributed by atoms with Gasteiger partial charge in [-0.1, -0.05) is 26.7 Å². The monoisotopic (exact) mass is 145 g/mol. The van der Waals surface area contributed by atoms with E-state index in [1.165, 1.54) is 0 Å². The summed E-state index contributed by atoms with van der Waals surface area (Å²) in [6, 6.07) is 0.222. The van der Waals surface area contributed by atoms with Crippen molar-refractivity contribution in [3.05, 3.63) is 0 Å². The maximum absolute atomic E-state index is 5.82. The van der Waals surface area contributed by atoms with Crippen molar-refractivity contribution in [2.45, 2.75) is 32.7 Å². The summed E-state index contributed by atoms with van der Waals surface area (Å²) in [5.74, 6) is 0.625. The van der Waals surface area contributed by atoms with Crippen molar-refractivity contribution < 1.29 is 4.74 Å². The zero-order valence-corrected chi connectivity index (χ0v) is 7.26. The summed E-state index contributed by atoms with van der Waals surface area (Å²) in [6.07, 6.45) is 2.31. The maximum atomic E-state index is 5.82. The van der Waals surface area contributed by atoms with Crippen LogP contribution in [0.15, 0.2) is 0 Å². The van der Waals surface area contributed by atoms with Gasteiger partial charge in [0.05, 0.1) is 6.61 Å². The summed E-state index contributed by atoms with van der Waals surface area (Å²) in [6.45, 7) is 5.03. The van der Waals surface area contributed by atoms with E-state index in [1.807, 2.05) is 0 Å². The van der Waals surface area contributed by atoms with Crippen LogP contribution in [-0.4, -0.2) is 19.8 Å². The van der Waals surface area contributed by atoms with Crippen LogP contribution in [0.1, 0.15) is 26.7 Å². The number of rotatable bonds is 5. The van der Waals surface area contributed by atoms with E-state index >= 15 is 0 Å². The van der Waals surface area contributed by atoms with Gasteiger partial charge in [0.2, 0.25) is 0 Å². The van der Waals surface area contributed by atoms with Crippen LogP contribution in [0.25, 0.3) is 0 Å². The topological polar surface area (TPSA) is 35.2 Å². The molecule has 1 atom stereocenters. The lowest BCUT2D eigenvalue weighted by molar-refractivity contribution is 0.154. The van der Waals surface area contributed by atoms with Gasteiger partial charge in [-0.15, -0.1) is 0 Å². The van der Waals surface area contributed by atoms with Gasteiger partial charge in [0.15, 0.2) is 0 Å². The first-order valence-electron chi connectivity index (χ1n) is 4.00. The molecule has 2 nitrogen and oxygen atoms in total. The van der Waals surface area contributed by atoms with Gasteiger partial charge >= 0.3 is 0 Å². The first-order chi connectivity index (χ1) is 4.76. The molecule has 0 amide bonds. The molecular weight excluding hydrogens is 126 g/mol. The molecule has 0 saturated heterocycles. The highest BCUT2D eigenvalue weighted by atomic mass is 16.5. The van der Waals surface area contributed by atoms with E-state index in [4.69, 9.17) is 10.5 Å². The Kier molecular flexibility index (Phi) is 5.64. The van der Waals surface area contributed by atoms with Crippen molar-refractivity contribution in [3.8, 4) is 0 Å². The third-order valence-electron chi connectivity index (χ3n) is 2.01. The van der Waals surface area contributed by atoms with E-state index in [2.05, 4.69) is 13.8 Å². The lowest BCUT2D eigenvalue weighted by Crippen LogP contribution is -2.33. The molecule has 0 saturated carbocycles. The summed E-state index contributed by atoms with van der Waals surface area (Å²) in [5.41, 5.74) is 5.82. The molecule has 0 heterocycles. The van der Waals surface area contributed by atoms with E-state index in [-0.39, 0.29) is 6.04 Å². The number of methoxy groups -OCH3 is 1. The fourth-order valence-corrected chi connectivity index (χ4v) is 1.22. The molecule has 2 heteroatoms. The Labute approximate surface area is 63.7 Å². The summed E-state index contributed by atoms with van der Waals surface area (Å²) in [5, 5.41) is 0. The maximum Gasteiger partial charge on any atom is 0.0616 e. The highest BCUT2D eigenvalue weighted by Crippen LogP contribution is 2.10. The zero-order chi connectivity index (χ0) is 7.98. The Morgan fingerprint density at radius 3 is 2.10 bits per heavy atom. The smallest absolute Gasteiger partial charge is 0.0616 e. The molecule has 2 N–H and O–H groups in total. The molecule has 10 heavy (non-hydrogen) atoms. The highest BCUT2D eigenvalue weighted by Gasteiger charge is 2.12. The van der Waals surface area contributed by atoms with Crippen molar-refractivity contribution in [1.82, 2.24) is 0 Å². The van der Waals surface area contributed by atoms with Crippen LogP contribution < -0.4 is 5.73 Å². The van der Waals surface area contributed by atoms with Crippen LogP contribution in [0.5, 0.6) is 0 Å². The molecule has 0 rings (SSSR count). The minimum Gasteiger partial charge on any atom is -0.383 e. The minimum atomic E-state index is 0.222. The van der Waals surface area contributed by atoms with E-state index in [0.717, 1.165) is 12.8 Å². The normalized spacial score (nSPS) is 14.1. The van der Waals surface area contributed by atoms with Crippen molar-refractivity contribution in [1.29, 1.82) is 0 Å². The van der Waals surface area contributed by atoms with Crippen molar-refractivity contribution in [2.24, 2.45) is 11.7 Å². The largest absolute Gasteiger partial charge is 0.383 e. The summed E-state index contributed by atoms with van der Waals surface area (Å²) in [7, 11) is 1.70. The number of ether oxygens (including phenoxy) is 1. The zero-order valence-electron chi connectivity index (χ0n) is 7.26. The van der Waals surface area contributed by atoms with Crippen LogP contribution in [0.4, 0.5) is 0 Å². The molecular formula is C8H19NO.